The number of aliphatic carboxylic acids is 1. The molecule has 1 aromatic rings. The van der Waals surface area contributed by atoms with E-state index < -0.39 is 12.6 Å². The first-order valence-electron chi connectivity index (χ1n) is 6.75. The molecule has 0 aliphatic rings. The summed E-state index contributed by atoms with van der Waals surface area (Å²) in [5.74, 6) is -1.28. The molecule has 0 aromatic heterocycles. The third kappa shape index (κ3) is 7.43. The van der Waals surface area contributed by atoms with Gasteiger partial charge in [0.2, 0.25) is 5.91 Å². The number of likely N-dealkylation sites (N-methyl/N-ethyl adjacent to an activating group) is 1. The molecular weight excluding hydrogens is 272 g/mol. The largest absolute Gasteiger partial charge is 0.480 e. The maximum Gasteiger partial charge on any atom is 0.329 e. The summed E-state index contributed by atoms with van der Waals surface area (Å²) in [6.07, 6.45) is 0. The van der Waals surface area contributed by atoms with Crippen molar-refractivity contribution in [3.8, 4) is 0 Å². The summed E-state index contributed by atoms with van der Waals surface area (Å²) in [5, 5.41) is 8.52. The highest BCUT2D eigenvalue weighted by Gasteiger charge is 2.15. The second kappa shape index (κ2) is 9.10. The van der Waals surface area contributed by atoms with Gasteiger partial charge in [0.15, 0.2) is 0 Å². The van der Waals surface area contributed by atoms with Gasteiger partial charge in [-0.1, -0.05) is 30.3 Å². The first-order valence-corrected chi connectivity index (χ1v) is 6.75. The number of rotatable bonds is 9. The zero-order valence-corrected chi connectivity index (χ0v) is 12.5. The van der Waals surface area contributed by atoms with Gasteiger partial charge in [0, 0.05) is 19.6 Å². The summed E-state index contributed by atoms with van der Waals surface area (Å²) >= 11 is 0. The average molecular weight is 294 g/mol. The molecule has 0 atom stereocenters. The molecule has 6 heteroatoms. The molecule has 0 fully saturated rings. The van der Waals surface area contributed by atoms with Crippen molar-refractivity contribution in [2.24, 2.45) is 0 Å². The van der Waals surface area contributed by atoms with Crippen LogP contribution in [-0.2, 0) is 20.9 Å². The molecule has 0 spiro atoms. The molecule has 0 saturated carbocycles. The van der Waals surface area contributed by atoms with Crippen molar-refractivity contribution in [2.45, 2.75) is 6.54 Å². The predicted octanol–water partition coefficient (Wildman–Crippen LogP) is 0.678. The van der Waals surface area contributed by atoms with E-state index in [0.29, 0.717) is 13.1 Å². The van der Waals surface area contributed by atoms with E-state index in [9.17, 15) is 9.59 Å². The topological polar surface area (TPSA) is 70.1 Å². The molecule has 0 aliphatic carbocycles. The first-order chi connectivity index (χ1) is 9.99. The summed E-state index contributed by atoms with van der Waals surface area (Å²) in [6.45, 7) is 1.11. The average Bonchev–Trinajstić information content (AvgIpc) is 2.43. The standard InChI is InChI=1S/C15H22N2O4/c1-16(2)8-9-17(10-13-6-4-3-5-7-13)14(18)11-21-12-15(19)20/h3-7H,8-12H2,1-2H3,(H,19,20). The molecule has 116 valence electrons. The maximum absolute atomic E-state index is 12.1. The molecule has 0 bridgehead atoms. The van der Waals surface area contributed by atoms with Crippen LogP contribution in [0.25, 0.3) is 0 Å². The fourth-order valence-corrected chi connectivity index (χ4v) is 1.73. The Morgan fingerprint density at radius 2 is 1.76 bits per heavy atom. The minimum Gasteiger partial charge on any atom is -0.480 e. The fraction of sp³-hybridized carbons (Fsp3) is 0.467. The van der Waals surface area contributed by atoms with E-state index in [1.54, 1.807) is 4.90 Å². The minimum atomic E-state index is -1.08. The van der Waals surface area contributed by atoms with Gasteiger partial charge in [-0.2, -0.15) is 0 Å². The number of carbonyl (C=O) groups excluding carboxylic acids is 1. The highest BCUT2D eigenvalue weighted by molar-refractivity contribution is 5.78. The molecular formula is C15H22N2O4. The second-order valence-corrected chi connectivity index (χ2v) is 4.99. The summed E-state index contributed by atoms with van der Waals surface area (Å²) in [5.41, 5.74) is 1.03. The van der Waals surface area contributed by atoms with Crippen molar-refractivity contribution >= 4 is 11.9 Å². The Morgan fingerprint density at radius 3 is 2.33 bits per heavy atom. The normalized spacial score (nSPS) is 10.6. The molecule has 6 nitrogen and oxygen atoms in total. The molecule has 1 amide bonds. The van der Waals surface area contributed by atoms with Gasteiger partial charge in [0.1, 0.15) is 13.2 Å². The van der Waals surface area contributed by atoms with Crippen LogP contribution in [0.2, 0.25) is 0 Å². The van der Waals surface area contributed by atoms with Crippen LogP contribution in [0.15, 0.2) is 30.3 Å². The second-order valence-electron chi connectivity index (χ2n) is 4.99. The molecule has 0 saturated heterocycles. The van der Waals surface area contributed by atoms with Gasteiger partial charge in [-0.15, -0.1) is 0 Å². The van der Waals surface area contributed by atoms with Crippen LogP contribution in [0.3, 0.4) is 0 Å². The quantitative estimate of drug-likeness (QED) is 0.725. The summed E-state index contributed by atoms with van der Waals surface area (Å²) in [7, 11) is 3.87. The summed E-state index contributed by atoms with van der Waals surface area (Å²) < 4.78 is 4.88. The van der Waals surface area contributed by atoms with Gasteiger partial charge in [0.05, 0.1) is 0 Å². The van der Waals surface area contributed by atoms with E-state index in [0.717, 1.165) is 12.1 Å². The van der Waals surface area contributed by atoms with E-state index in [1.807, 2.05) is 49.3 Å². The Kier molecular flexibility index (Phi) is 7.42. The number of carboxylic acids is 1. The summed E-state index contributed by atoms with van der Waals surface area (Å²) in [6, 6.07) is 9.67. The van der Waals surface area contributed by atoms with Crippen molar-refractivity contribution in [2.75, 3.05) is 40.4 Å². The number of carbonyl (C=O) groups is 2. The van der Waals surface area contributed by atoms with E-state index in [2.05, 4.69) is 0 Å². The van der Waals surface area contributed by atoms with Crippen molar-refractivity contribution in [3.05, 3.63) is 35.9 Å². The third-order valence-corrected chi connectivity index (χ3v) is 2.84. The fourth-order valence-electron chi connectivity index (χ4n) is 1.73. The van der Waals surface area contributed by atoms with E-state index in [1.165, 1.54) is 0 Å². The molecule has 1 rings (SSSR count). The zero-order valence-electron chi connectivity index (χ0n) is 12.5. The predicted molar refractivity (Wildman–Crippen MR) is 78.9 cm³/mol. The molecule has 1 aromatic carbocycles. The van der Waals surface area contributed by atoms with Crippen LogP contribution in [0.5, 0.6) is 0 Å². The number of benzene rings is 1. The number of amides is 1. The minimum absolute atomic E-state index is 0.207. The van der Waals surface area contributed by atoms with Gasteiger partial charge < -0.3 is 19.6 Å². The Labute approximate surface area is 124 Å². The first kappa shape index (κ1) is 17.1. The van der Waals surface area contributed by atoms with Crippen molar-refractivity contribution in [3.63, 3.8) is 0 Å². The molecule has 1 N–H and O–H groups in total. The zero-order chi connectivity index (χ0) is 15.7. The lowest BCUT2D eigenvalue weighted by molar-refractivity contribution is -0.146. The van der Waals surface area contributed by atoms with Crippen molar-refractivity contribution < 1.29 is 19.4 Å². The molecule has 21 heavy (non-hydrogen) atoms. The van der Waals surface area contributed by atoms with E-state index in [4.69, 9.17) is 9.84 Å². The third-order valence-electron chi connectivity index (χ3n) is 2.84. The monoisotopic (exact) mass is 294 g/mol. The lowest BCUT2D eigenvalue weighted by atomic mass is 10.2. The SMILES string of the molecule is CN(C)CCN(Cc1ccccc1)C(=O)COCC(=O)O. The molecule has 0 radical (unpaired) electrons. The highest BCUT2D eigenvalue weighted by Crippen LogP contribution is 2.05. The number of ether oxygens (including phenoxy) is 1. The molecule has 0 unspecified atom stereocenters. The van der Waals surface area contributed by atoms with E-state index in [-0.39, 0.29) is 12.5 Å². The van der Waals surface area contributed by atoms with Gasteiger partial charge in [-0.3, -0.25) is 4.79 Å². The van der Waals surface area contributed by atoms with E-state index >= 15 is 0 Å². The Bertz CT molecular complexity index is 448. The number of hydrogen-bond donors (Lipinski definition) is 1. The lowest BCUT2D eigenvalue weighted by Crippen LogP contribution is -2.38. The van der Waals surface area contributed by atoms with Crippen LogP contribution in [0, 0.1) is 0 Å². The van der Waals surface area contributed by atoms with Crippen LogP contribution in [-0.4, -0.2) is 67.2 Å². The van der Waals surface area contributed by atoms with Crippen molar-refractivity contribution in [1.82, 2.24) is 9.80 Å². The van der Waals surface area contributed by atoms with Crippen LogP contribution in [0.4, 0.5) is 0 Å². The van der Waals surface area contributed by atoms with Crippen LogP contribution >= 0.6 is 0 Å². The number of hydrogen-bond acceptors (Lipinski definition) is 4. The Balaban J connectivity index is 2.58. The summed E-state index contributed by atoms with van der Waals surface area (Å²) in [4.78, 5) is 26.2. The molecule has 0 aliphatic heterocycles. The van der Waals surface area contributed by atoms with Gasteiger partial charge in [-0.25, -0.2) is 4.79 Å². The maximum atomic E-state index is 12.1. The molecule has 0 heterocycles. The number of nitrogens with zero attached hydrogens (tertiary/aromatic N) is 2. The van der Waals surface area contributed by atoms with Crippen molar-refractivity contribution in [1.29, 1.82) is 0 Å². The Morgan fingerprint density at radius 1 is 1.10 bits per heavy atom. The number of carboxylic acid groups (broad SMARTS) is 1. The lowest BCUT2D eigenvalue weighted by Gasteiger charge is -2.24. The van der Waals surface area contributed by atoms with Crippen LogP contribution in [0.1, 0.15) is 5.56 Å². The highest BCUT2D eigenvalue weighted by atomic mass is 16.5. The smallest absolute Gasteiger partial charge is 0.329 e. The van der Waals surface area contributed by atoms with Gasteiger partial charge in [-0.05, 0) is 19.7 Å². The van der Waals surface area contributed by atoms with Crippen LogP contribution < -0.4 is 0 Å². The van der Waals surface area contributed by atoms with Gasteiger partial charge >= 0.3 is 5.97 Å². The Hall–Kier alpha value is -1.92. The van der Waals surface area contributed by atoms with Gasteiger partial charge in [0.25, 0.3) is 0 Å².